The minimum atomic E-state index is -0.748. The molecule has 110 valence electrons. The maximum atomic E-state index is 11.7. The molecule has 1 aromatic carbocycles. The van der Waals surface area contributed by atoms with Crippen molar-refractivity contribution in [3.63, 3.8) is 0 Å². The van der Waals surface area contributed by atoms with Gasteiger partial charge in [0.2, 0.25) is 0 Å². The third kappa shape index (κ3) is 2.88. The van der Waals surface area contributed by atoms with Gasteiger partial charge in [-0.05, 0) is 12.1 Å². The van der Waals surface area contributed by atoms with Gasteiger partial charge in [0.25, 0.3) is 5.69 Å². The molecule has 0 amide bonds. The van der Waals surface area contributed by atoms with Crippen molar-refractivity contribution < 1.29 is 19.2 Å². The van der Waals surface area contributed by atoms with Crippen molar-refractivity contribution in [1.82, 2.24) is 0 Å². The standard InChI is InChI=1S/C13H13N3O5/c1-8(17)12-11(13(18)21-2)7-15(14-12)9-3-5-10(6-4-9)16(19)20/h3-6,11H,7H2,1-2H3/t11-/m1/s1. The molecule has 0 saturated carbocycles. The number of benzene rings is 1. The van der Waals surface area contributed by atoms with Crippen molar-refractivity contribution in [2.75, 3.05) is 18.7 Å². The number of rotatable bonds is 4. The van der Waals surface area contributed by atoms with Crippen LogP contribution in [-0.2, 0) is 14.3 Å². The van der Waals surface area contributed by atoms with Gasteiger partial charge in [-0.2, -0.15) is 5.10 Å². The van der Waals surface area contributed by atoms with Gasteiger partial charge in [0.05, 0.1) is 24.3 Å². The number of ketones is 1. The van der Waals surface area contributed by atoms with E-state index in [-0.39, 0.29) is 23.7 Å². The summed E-state index contributed by atoms with van der Waals surface area (Å²) in [5, 5.41) is 16.2. The normalized spacial score (nSPS) is 17.3. The summed E-state index contributed by atoms with van der Waals surface area (Å²) in [6.07, 6.45) is 0. The van der Waals surface area contributed by atoms with Gasteiger partial charge in [0, 0.05) is 19.1 Å². The maximum Gasteiger partial charge on any atom is 0.316 e. The number of carbonyl (C=O) groups is 2. The van der Waals surface area contributed by atoms with Crippen LogP contribution in [0.25, 0.3) is 0 Å². The summed E-state index contributed by atoms with van der Waals surface area (Å²) in [4.78, 5) is 33.3. The van der Waals surface area contributed by atoms with Gasteiger partial charge in [-0.15, -0.1) is 0 Å². The summed E-state index contributed by atoms with van der Waals surface area (Å²) in [6.45, 7) is 1.49. The number of carbonyl (C=O) groups excluding carboxylic acids is 2. The fourth-order valence-corrected chi connectivity index (χ4v) is 2.05. The number of hydrogen-bond donors (Lipinski definition) is 0. The Labute approximate surface area is 120 Å². The fourth-order valence-electron chi connectivity index (χ4n) is 2.05. The van der Waals surface area contributed by atoms with Crippen LogP contribution in [0, 0.1) is 16.0 Å². The first-order valence-electron chi connectivity index (χ1n) is 6.13. The van der Waals surface area contributed by atoms with Gasteiger partial charge >= 0.3 is 5.97 Å². The SMILES string of the molecule is COC(=O)[C@@H]1CN(c2ccc([N+](=O)[O-])cc2)N=C1C(C)=O. The van der Waals surface area contributed by atoms with E-state index in [1.807, 2.05) is 0 Å². The molecule has 21 heavy (non-hydrogen) atoms. The first-order chi connectivity index (χ1) is 9.93. The molecule has 0 saturated heterocycles. The number of methoxy groups -OCH3 is 1. The van der Waals surface area contributed by atoms with Crippen molar-refractivity contribution in [3.05, 3.63) is 34.4 Å². The maximum absolute atomic E-state index is 11.7. The van der Waals surface area contributed by atoms with Gasteiger partial charge in [0.15, 0.2) is 5.78 Å². The summed E-state index contributed by atoms with van der Waals surface area (Å²) >= 11 is 0. The van der Waals surface area contributed by atoms with Crippen LogP contribution in [0.3, 0.4) is 0 Å². The van der Waals surface area contributed by atoms with Crippen LogP contribution in [-0.4, -0.2) is 36.0 Å². The molecule has 0 unspecified atom stereocenters. The Hall–Kier alpha value is -2.77. The molecule has 0 radical (unpaired) electrons. The molecule has 0 fully saturated rings. The zero-order chi connectivity index (χ0) is 15.6. The molecule has 1 heterocycles. The zero-order valence-corrected chi connectivity index (χ0v) is 11.5. The lowest BCUT2D eigenvalue weighted by Crippen LogP contribution is -2.30. The van der Waals surface area contributed by atoms with Crippen LogP contribution >= 0.6 is 0 Å². The second-order valence-corrected chi connectivity index (χ2v) is 4.47. The van der Waals surface area contributed by atoms with E-state index in [0.717, 1.165) is 0 Å². The Morgan fingerprint density at radius 1 is 1.38 bits per heavy atom. The Morgan fingerprint density at radius 3 is 2.48 bits per heavy atom. The molecule has 1 atom stereocenters. The molecule has 8 nitrogen and oxygen atoms in total. The van der Waals surface area contributed by atoms with Crippen molar-refractivity contribution in [2.45, 2.75) is 6.92 Å². The Morgan fingerprint density at radius 2 is 2.00 bits per heavy atom. The van der Waals surface area contributed by atoms with Crippen molar-refractivity contribution >= 4 is 28.8 Å². The predicted molar refractivity (Wildman–Crippen MR) is 74.1 cm³/mol. The number of hydrogen-bond acceptors (Lipinski definition) is 7. The lowest BCUT2D eigenvalue weighted by atomic mass is 10.0. The van der Waals surface area contributed by atoms with Crippen molar-refractivity contribution in [1.29, 1.82) is 0 Å². The van der Waals surface area contributed by atoms with E-state index in [1.165, 1.54) is 43.3 Å². The first kappa shape index (κ1) is 14.6. The van der Waals surface area contributed by atoms with E-state index in [1.54, 1.807) is 0 Å². The molecule has 0 bridgehead atoms. The zero-order valence-electron chi connectivity index (χ0n) is 11.5. The number of ether oxygens (including phenoxy) is 1. The van der Waals surface area contributed by atoms with Crippen LogP contribution in [0.2, 0.25) is 0 Å². The molecule has 1 aliphatic heterocycles. The molecule has 0 aliphatic carbocycles. The Kier molecular flexibility index (Phi) is 3.97. The lowest BCUT2D eigenvalue weighted by molar-refractivity contribution is -0.384. The molecule has 0 aromatic heterocycles. The number of non-ortho nitro benzene ring substituents is 1. The topological polar surface area (TPSA) is 102 Å². The minimum Gasteiger partial charge on any atom is -0.468 e. The van der Waals surface area contributed by atoms with E-state index in [0.29, 0.717) is 5.69 Å². The first-order valence-corrected chi connectivity index (χ1v) is 6.13. The number of nitrogens with zero attached hydrogens (tertiary/aromatic N) is 3. The minimum absolute atomic E-state index is 0.0433. The lowest BCUT2D eigenvalue weighted by Gasteiger charge is -2.14. The molecule has 0 spiro atoms. The predicted octanol–water partition coefficient (Wildman–Crippen LogP) is 1.15. The number of esters is 1. The second kappa shape index (κ2) is 5.70. The molecule has 8 heteroatoms. The van der Waals surface area contributed by atoms with E-state index >= 15 is 0 Å². The highest BCUT2D eigenvalue weighted by Gasteiger charge is 2.36. The highest BCUT2D eigenvalue weighted by molar-refractivity contribution is 6.43. The number of anilines is 1. The monoisotopic (exact) mass is 291 g/mol. The summed E-state index contributed by atoms with van der Waals surface area (Å²) in [5.41, 5.74) is 0.643. The van der Waals surface area contributed by atoms with Gasteiger partial charge in [-0.25, -0.2) is 0 Å². The average Bonchev–Trinajstić information content (AvgIpc) is 2.92. The molecule has 1 aliphatic rings. The molecule has 2 rings (SSSR count). The number of nitro benzene ring substituents is 1. The average molecular weight is 291 g/mol. The summed E-state index contributed by atoms with van der Waals surface area (Å²) < 4.78 is 4.66. The second-order valence-electron chi connectivity index (χ2n) is 4.47. The fraction of sp³-hybridized carbons (Fsp3) is 0.308. The molecule has 1 aromatic rings. The smallest absolute Gasteiger partial charge is 0.316 e. The number of hydrazone groups is 1. The van der Waals surface area contributed by atoms with Gasteiger partial charge in [-0.1, -0.05) is 0 Å². The quantitative estimate of drug-likeness (QED) is 0.468. The van der Waals surface area contributed by atoms with E-state index in [4.69, 9.17) is 0 Å². The molecular formula is C13H13N3O5. The van der Waals surface area contributed by atoms with E-state index in [9.17, 15) is 19.7 Å². The van der Waals surface area contributed by atoms with E-state index in [2.05, 4.69) is 9.84 Å². The van der Waals surface area contributed by atoms with Gasteiger partial charge in [-0.3, -0.25) is 24.7 Å². The number of Topliss-reactive ketones (excluding diaryl/α,β-unsaturated/α-hetero) is 1. The largest absolute Gasteiger partial charge is 0.468 e. The van der Waals surface area contributed by atoms with Crippen LogP contribution in [0.15, 0.2) is 29.4 Å². The summed E-state index contributed by atoms with van der Waals surface area (Å²) in [5.74, 6) is -1.59. The van der Waals surface area contributed by atoms with Gasteiger partial charge in [0.1, 0.15) is 11.6 Å². The van der Waals surface area contributed by atoms with Crippen LogP contribution in [0.5, 0.6) is 0 Å². The highest BCUT2D eigenvalue weighted by Crippen LogP contribution is 2.25. The summed E-state index contributed by atoms with van der Waals surface area (Å²) in [7, 11) is 1.24. The van der Waals surface area contributed by atoms with Crippen LogP contribution < -0.4 is 5.01 Å². The van der Waals surface area contributed by atoms with Crippen molar-refractivity contribution in [2.24, 2.45) is 11.0 Å². The highest BCUT2D eigenvalue weighted by atomic mass is 16.6. The Balaban J connectivity index is 2.27. The summed E-state index contributed by atoms with van der Waals surface area (Å²) in [6, 6.07) is 5.70. The molecule has 0 N–H and O–H groups in total. The van der Waals surface area contributed by atoms with Crippen molar-refractivity contribution in [3.8, 4) is 0 Å². The van der Waals surface area contributed by atoms with Crippen LogP contribution in [0.4, 0.5) is 11.4 Å². The molecular weight excluding hydrogens is 278 g/mol. The third-order valence-corrected chi connectivity index (χ3v) is 3.12. The van der Waals surface area contributed by atoms with Crippen LogP contribution in [0.1, 0.15) is 6.92 Å². The van der Waals surface area contributed by atoms with Gasteiger partial charge < -0.3 is 4.74 Å². The number of nitro groups is 1. The Bertz CT molecular complexity index is 623. The third-order valence-electron chi connectivity index (χ3n) is 3.12. The van der Waals surface area contributed by atoms with E-state index < -0.39 is 16.8 Å².